The standard InChI is InChI=1S/C33H66N8O4/c1-5-7-9-15-27(3)31(44)38-23-13-25-41(26-14-24-39-32(45)28(4)16-10-8-6-2)30(43)18-17-29(42)37-21-11-19-36-20-12-22-40-33(34)35/h27-28,36H,5-26H2,1-4H3,(H,37,42)(H,38,44)(H,39,45)(H4,34,35,40). The minimum Gasteiger partial charge on any atom is -0.370 e. The first-order valence-corrected chi connectivity index (χ1v) is 17.5. The number of carbonyl (C=O) groups excluding carboxylic acids is 4. The molecule has 0 aliphatic heterocycles. The van der Waals surface area contributed by atoms with Crippen LogP contribution in [0.25, 0.3) is 0 Å². The van der Waals surface area contributed by atoms with Crippen molar-refractivity contribution in [1.29, 1.82) is 0 Å². The molecular weight excluding hydrogens is 572 g/mol. The Kier molecular flexibility index (Phi) is 26.7. The molecule has 262 valence electrons. The van der Waals surface area contributed by atoms with Gasteiger partial charge in [0.1, 0.15) is 0 Å². The van der Waals surface area contributed by atoms with Crippen LogP contribution in [0.4, 0.5) is 0 Å². The monoisotopic (exact) mass is 639 g/mol. The van der Waals surface area contributed by atoms with Crippen molar-refractivity contribution >= 4 is 29.6 Å². The Morgan fingerprint density at radius 1 is 0.644 bits per heavy atom. The van der Waals surface area contributed by atoms with E-state index in [1.54, 1.807) is 4.90 Å². The predicted octanol–water partition coefficient (Wildman–Crippen LogP) is 2.80. The van der Waals surface area contributed by atoms with Crippen molar-refractivity contribution in [3.63, 3.8) is 0 Å². The maximum Gasteiger partial charge on any atom is 0.223 e. The maximum absolute atomic E-state index is 13.1. The van der Waals surface area contributed by atoms with Gasteiger partial charge in [0.05, 0.1) is 0 Å². The number of nitrogens with zero attached hydrogens (tertiary/aromatic N) is 2. The molecule has 0 saturated heterocycles. The third-order valence-corrected chi connectivity index (χ3v) is 7.76. The fraction of sp³-hybridized carbons (Fsp3) is 0.848. The molecule has 2 atom stereocenters. The Morgan fingerprint density at radius 2 is 1.16 bits per heavy atom. The van der Waals surface area contributed by atoms with E-state index in [9.17, 15) is 19.2 Å². The van der Waals surface area contributed by atoms with Crippen molar-refractivity contribution in [3.8, 4) is 0 Å². The van der Waals surface area contributed by atoms with E-state index >= 15 is 0 Å². The van der Waals surface area contributed by atoms with Crippen molar-refractivity contribution in [3.05, 3.63) is 0 Å². The minimum atomic E-state index is -0.148. The molecule has 0 spiro atoms. The van der Waals surface area contributed by atoms with Crippen molar-refractivity contribution in [1.82, 2.24) is 26.2 Å². The summed E-state index contributed by atoms with van der Waals surface area (Å²) in [6.45, 7) is 12.8. The van der Waals surface area contributed by atoms with Gasteiger partial charge in [0.2, 0.25) is 23.6 Å². The van der Waals surface area contributed by atoms with Gasteiger partial charge < -0.3 is 37.6 Å². The Labute approximate surface area is 273 Å². The lowest BCUT2D eigenvalue weighted by Crippen LogP contribution is -2.38. The van der Waals surface area contributed by atoms with E-state index in [2.05, 4.69) is 40.1 Å². The first-order valence-electron chi connectivity index (χ1n) is 17.5. The number of nitrogens with two attached hydrogens (primary N) is 2. The molecule has 0 rings (SSSR count). The molecule has 0 saturated carbocycles. The molecule has 0 fully saturated rings. The van der Waals surface area contributed by atoms with Crippen LogP contribution >= 0.6 is 0 Å². The molecule has 8 N–H and O–H groups in total. The number of rotatable bonds is 29. The highest BCUT2D eigenvalue weighted by Crippen LogP contribution is 2.10. The Balaban J connectivity index is 4.59. The zero-order valence-electron chi connectivity index (χ0n) is 28.9. The average Bonchev–Trinajstić information content (AvgIpc) is 3.01. The number of unbranched alkanes of at least 4 members (excludes halogenated alkanes) is 4. The quantitative estimate of drug-likeness (QED) is 0.0413. The van der Waals surface area contributed by atoms with Gasteiger partial charge in [0.25, 0.3) is 0 Å². The smallest absolute Gasteiger partial charge is 0.223 e. The zero-order chi connectivity index (χ0) is 33.7. The van der Waals surface area contributed by atoms with E-state index in [0.717, 1.165) is 77.3 Å². The van der Waals surface area contributed by atoms with E-state index < -0.39 is 0 Å². The van der Waals surface area contributed by atoms with E-state index in [-0.39, 0.29) is 54.3 Å². The fourth-order valence-electron chi connectivity index (χ4n) is 4.78. The summed E-state index contributed by atoms with van der Waals surface area (Å²) >= 11 is 0. The molecule has 2 unspecified atom stereocenters. The molecule has 0 radical (unpaired) electrons. The third kappa shape index (κ3) is 25.0. The van der Waals surface area contributed by atoms with Gasteiger partial charge in [-0.05, 0) is 51.6 Å². The topological polar surface area (TPSA) is 184 Å². The van der Waals surface area contributed by atoms with Crippen LogP contribution in [-0.4, -0.2) is 86.8 Å². The normalized spacial score (nSPS) is 12.2. The Hall–Kier alpha value is -2.89. The van der Waals surface area contributed by atoms with Gasteiger partial charge in [-0.25, -0.2) is 0 Å². The SMILES string of the molecule is CCCCCC(C)C(=O)NCCCN(CCCNC(=O)C(C)CCCCC)C(=O)CCC(=O)NCCCNCCCN=C(N)N. The first-order chi connectivity index (χ1) is 21.6. The molecule has 0 bridgehead atoms. The molecule has 0 aromatic rings. The molecule has 45 heavy (non-hydrogen) atoms. The maximum atomic E-state index is 13.1. The number of nitrogens with one attached hydrogen (secondary N) is 4. The van der Waals surface area contributed by atoms with E-state index in [4.69, 9.17) is 11.5 Å². The lowest BCUT2D eigenvalue weighted by molar-refractivity contribution is -0.133. The van der Waals surface area contributed by atoms with Crippen LogP contribution in [-0.2, 0) is 19.2 Å². The molecule has 0 heterocycles. The van der Waals surface area contributed by atoms with Gasteiger partial charge in [0, 0.05) is 63.9 Å². The minimum absolute atomic E-state index is 0.0209. The third-order valence-electron chi connectivity index (χ3n) is 7.76. The first kappa shape index (κ1) is 42.1. The second-order valence-corrected chi connectivity index (χ2v) is 12.1. The summed E-state index contributed by atoms with van der Waals surface area (Å²) in [5.41, 5.74) is 10.6. The van der Waals surface area contributed by atoms with E-state index in [1.165, 1.54) is 0 Å². The fourth-order valence-corrected chi connectivity index (χ4v) is 4.78. The highest BCUT2D eigenvalue weighted by Gasteiger charge is 2.17. The summed E-state index contributed by atoms with van der Waals surface area (Å²) < 4.78 is 0. The second-order valence-electron chi connectivity index (χ2n) is 12.1. The number of amides is 4. The molecule has 4 amide bonds. The molecule has 12 nitrogen and oxygen atoms in total. The average molecular weight is 639 g/mol. The van der Waals surface area contributed by atoms with Gasteiger partial charge in [-0.15, -0.1) is 0 Å². The lowest BCUT2D eigenvalue weighted by Gasteiger charge is -2.23. The highest BCUT2D eigenvalue weighted by molar-refractivity contribution is 5.83. The lowest BCUT2D eigenvalue weighted by atomic mass is 10.0. The number of aliphatic imine (C=N–C) groups is 1. The Morgan fingerprint density at radius 3 is 1.67 bits per heavy atom. The zero-order valence-corrected chi connectivity index (χ0v) is 28.9. The number of hydrogen-bond donors (Lipinski definition) is 6. The van der Waals surface area contributed by atoms with Gasteiger partial charge in [-0.3, -0.25) is 24.2 Å². The van der Waals surface area contributed by atoms with E-state index in [0.29, 0.717) is 52.1 Å². The molecule has 0 aromatic heterocycles. The van der Waals surface area contributed by atoms with Crippen LogP contribution in [0.2, 0.25) is 0 Å². The highest BCUT2D eigenvalue weighted by atomic mass is 16.2. The molecular formula is C33H66N8O4. The molecule has 0 aliphatic rings. The predicted molar refractivity (Wildman–Crippen MR) is 183 cm³/mol. The van der Waals surface area contributed by atoms with Crippen molar-refractivity contribution < 1.29 is 19.2 Å². The summed E-state index contributed by atoms with van der Waals surface area (Å²) in [5, 5.41) is 12.2. The Bertz CT molecular complexity index is 800. The summed E-state index contributed by atoms with van der Waals surface area (Å²) in [4.78, 5) is 56.0. The van der Waals surface area contributed by atoms with Crippen LogP contribution in [0.3, 0.4) is 0 Å². The molecule has 0 aliphatic carbocycles. The van der Waals surface area contributed by atoms with Crippen LogP contribution in [0.15, 0.2) is 4.99 Å². The van der Waals surface area contributed by atoms with Gasteiger partial charge in [0.15, 0.2) is 5.96 Å². The van der Waals surface area contributed by atoms with Crippen molar-refractivity contribution in [2.45, 2.75) is 118 Å². The molecule has 0 aromatic carbocycles. The largest absolute Gasteiger partial charge is 0.370 e. The second kappa shape index (κ2) is 28.6. The number of carbonyl (C=O) groups is 4. The molecule has 12 heteroatoms. The number of guanidine groups is 1. The summed E-state index contributed by atoms with van der Waals surface area (Å²) in [7, 11) is 0. The van der Waals surface area contributed by atoms with Gasteiger partial charge in [-0.2, -0.15) is 0 Å². The van der Waals surface area contributed by atoms with Gasteiger partial charge >= 0.3 is 0 Å². The van der Waals surface area contributed by atoms with Crippen LogP contribution in [0, 0.1) is 11.8 Å². The number of hydrogen-bond acceptors (Lipinski definition) is 6. The summed E-state index contributed by atoms with van der Waals surface area (Å²) in [5.74, 6) is -0.0801. The van der Waals surface area contributed by atoms with Crippen LogP contribution in [0.5, 0.6) is 0 Å². The van der Waals surface area contributed by atoms with Crippen LogP contribution in [0.1, 0.15) is 118 Å². The van der Waals surface area contributed by atoms with E-state index in [1.807, 2.05) is 13.8 Å². The van der Waals surface area contributed by atoms with Crippen LogP contribution < -0.4 is 32.7 Å². The van der Waals surface area contributed by atoms with Gasteiger partial charge in [-0.1, -0.05) is 66.2 Å². The summed E-state index contributed by atoms with van der Waals surface area (Å²) in [6.07, 6.45) is 11.5. The van der Waals surface area contributed by atoms with Crippen molar-refractivity contribution in [2.24, 2.45) is 28.3 Å². The van der Waals surface area contributed by atoms with Crippen molar-refractivity contribution in [2.75, 3.05) is 52.4 Å². The summed E-state index contributed by atoms with van der Waals surface area (Å²) in [6, 6.07) is 0.